The molecule has 0 saturated heterocycles. The third kappa shape index (κ3) is 4.31. The van der Waals surface area contributed by atoms with Crippen LogP contribution in [0, 0.1) is 12.8 Å². The van der Waals surface area contributed by atoms with Crippen molar-refractivity contribution in [2.75, 3.05) is 12.4 Å². The van der Waals surface area contributed by atoms with E-state index in [0.717, 1.165) is 53.3 Å². The Morgan fingerprint density at radius 2 is 1.88 bits per heavy atom. The molecule has 2 aromatic heterocycles. The maximum Gasteiger partial charge on any atom is 0.228 e. The number of hydrogen-bond donors (Lipinski definition) is 1. The molecule has 0 spiro atoms. The molecule has 1 aliphatic carbocycles. The largest absolute Gasteiger partial charge is 0.497 e. The van der Waals surface area contributed by atoms with Gasteiger partial charge in [0, 0.05) is 18.7 Å². The molecule has 33 heavy (non-hydrogen) atoms. The molecule has 1 aliphatic rings. The number of carbonyl (C=O) groups excluding carboxylic acids is 1. The van der Waals surface area contributed by atoms with Crippen molar-refractivity contribution < 1.29 is 13.9 Å². The fourth-order valence-electron chi connectivity index (χ4n) is 4.75. The van der Waals surface area contributed by atoms with Crippen LogP contribution in [0.1, 0.15) is 28.7 Å². The molecule has 0 saturated carbocycles. The Morgan fingerprint density at radius 1 is 1.09 bits per heavy atom. The monoisotopic (exact) mass is 440 g/mol. The van der Waals surface area contributed by atoms with Crippen LogP contribution in [0.5, 0.6) is 5.75 Å². The third-order valence-corrected chi connectivity index (χ3v) is 6.51. The van der Waals surface area contributed by atoms with E-state index in [1.165, 1.54) is 11.1 Å². The van der Waals surface area contributed by atoms with Gasteiger partial charge in [0.15, 0.2) is 0 Å². The van der Waals surface area contributed by atoms with Crippen molar-refractivity contribution >= 4 is 11.7 Å². The van der Waals surface area contributed by atoms with Crippen molar-refractivity contribution in [1.29, 1.82) is 0 Å². The zero-order valence-electron chi connectivity index (χ0n) is 19.0. The number of ether oxygens (including phenoxy) is 1. The number of anilines is 1. The SMILES string of the molecule is COc1ccc(Cn2cc(C)c(-c3ccco3)c2NC(=O)C2CCc3ccccc3C2)cc1. The molecule has 2 aromatic carbocycles. The molecule has 5 nitrogen and oxygen atoms in total. The van der Waals surface area contributed by atoms with Crippen LogP contribution in [0.4, 0.5) is 5.82 Å². The standard InChI is InChI=1S/C28H28N2O3/c1-19-17-30(18-20-9-13-24(32-2)14-10-20)27(26(19)25-8-5-15-33-25)29-28(31)23-12-11-21-6-3-4-7-22(21)16-23/h3-10,13-15,17,23H,11-12,16,18H2,1-2H3,(H,29,31). The lowest BCUT2D eigenvalue weighted by molar-refractivity contribution is -0.120. The maximum absolute atomic E-state index is 13.4. The first kappa shape index (κ1) is 21.1. The number of amides is 1. The second kappa shape index (κ2) is 9.02. The van der Waals surface area contributed by atoms with Crippen molar-refractivity contribution in [2.45, 2.75) is 32.7 Å². The Bertz CT molecular complexity index is 1250. The van der Waals surface area contributed by atoms with Gasteiger partial charge < -0.3 is 19.0 Å². The second-order valence-corrected chi connectivity index (χ2v) is 8.69. The van der Waals surface area contributed by atoms with Gasteiger partial charge in [-0.1, -0.05) is 36.4 Å². The number of aryl methyl sites for hydroxylation is 2. The van der Waals surface area contributed by atoms with Crippen LogP contribution < -0.4 is 10.1 Å². The number of fused-ring (bicyclic) bond motifs is 1. The fourth-order valence-corrected chi connectivity index (χ4v) is 4.75. The van der Waals surface area contributed by atoms with Crippen molar-refractivity contribution in [1.82, 2.24) is 4.57 Å². The minimum Gasteiger partial charge on any atom is -0.497 e. The summed E-state index contributed by atoms with van der Waals surface area (Å²) < 4.78 is 13.1. The van der Waals surface area contributed by atoms with Gasteiger partial charge in [0.1, 0.15) is 17.3 Å². The first-order chi connectivity index (χ1) is 16.1. The fraction of sp³-hybridized carbons (Fsp3) is 0.250. The van der Waals surface area contributed by atoms with E-state index in [-0.39, 0.29) is 11.8 Å². The molecular formula is C28H28N2O3. The first-order valence-electron chi connectivity index (χ1n) is 11.4. The quantitative estimate of drug-likeness (QED) is 0.409. The second-order valence-electron chi connectivity index (χ2n) is 8.69. The van der Waals surface area contributed by atoms with E-state index in [1.807, 2.05) is 36.4 Å². The van der Waals surface area contributed by atoms with Crippen molar-refractivity contribution in [3.8, 4) is 17.1 Å². The number of furan rings is 1. The van der Waals surface area contributed by atoms with Gasteiger partial charge in [-0.25, -0.2) is 0 Å². The van der Waals surface area contributed by atoms with Crippen molar-refractivity contribution in [3.05, 3.63) is 95.4 Å². The van der Waals surface area contributed by atoms with E-state index in [4.69, 9.17) is 9.15 Å². The van der Waals surface area contributed by atoms with E-state index in [9.17, 15) is 4.79 Å². The number of aromatic nitrogens is 1. The molecule has 5 heteroatoms. The van der Waals surface area contributed by atoms with Gasteiger partial charge in [-0.3, -0.25) is 4.79 Å². The molecule has 2 heterocycles. The van der Waals surface area contributed by atoms with E-state index in [2.05, 4.69) is 47.3 Å². The van der Waals surface area contributed by atoms with Crippen LogP contribution in [0.3, 0.4) is 0 Å². The summed E-state index contributed by atoms with van der Waals surface area (Å²) in [7, 11) is 1.66. The number of rotatable bonds is 6. The predicted octanol–water partition coefficient (Wildman–Crippen LogP) is 5.86. The summed E-state index contributed by atoms with van der Waals surface area (Å²) in [6, 6.07) is 20.2. The molecule has 0 aliphatic heterocycles. The van der Waals surface area contributed by atoms with Crippen LogP contribution in [0.15, 0.2) is 77.5 Å². The summed E-state index contributed by atoms with van der Waals surface area (Å²) >= 11 is 0. The highest BCUT2D eigenvalue weighted by Gasteiger charge is 2.27. The molecule has 1 N–H and O–H groups in total. The van der Waals surface area contributed by atoms with E-state index in [1.54, 1.807) is 13.4 Å². The summed E-state index contributed by atoms with van der Waals surface area (Å²) in [4.78, 5) is 13.4. The van der Waals surface area contributed by atoms with E-state index >= 15 is 0 Å². The molecule has 1 atom stereocenters. The lowest BCUT2D eigenvalue weighted by Gasteiger charge is -2.24. The average Bonchev–Trinajstić information content (AvgIpc) is 3.47. The minimum absolute atomic E-state index is 0.0472. The highest BCUT2D eigenvalue weighted by molar-refractivity contribution is 5.96. The molecule has 4 aromatic rings. The average molecular weight is 441 g/mol. The highest BCUT2D eigenvalue weighted by atomic mass is 16.5. The zero-order chi connectivity index (χ0) is 22.8. The molecule has 1 amide bonds. The summed E-state index contributed by atoms with van der Waals surface area (Å²) in [6.07, 6.45) is 6.31. The Hall–Kier alpha value is -3.73. The molecular weight excluding hydrogens is 412 g/mol. The van der Waals surface area contributed by atoms with Gasteiger partial charge in [0.05, 0.1) is 18.9 Å². The topological polar surface area (TPSA) is 56.4 Å². The van der Waals surface area contributed by atoms with Crippen LogP contribution in [0.2, 0.25) is 0 Å². The summed E-state index contributed by atoms with van der Waals surface area (Å²) in [6.45, 7) is 2.68. The number of nitrogens with zero attached hydrogens (tertiary/aromatic N) is 1. The first-order valence-corrected chi connectivity index (χ1v) is 11.4. The third-order valence-electron chi connectivity index (χ3n) is 6.51. The predicted molar refractivity (Wildman–Crippen MR) is 130 cm³/mol. The van der Waals surface area contributed by atoms with Gasteiger partial charge in [0.2, 0.25) is 5.91 Å². The van der Waals surface area contributed by atoms with Gasteiger partial charge in [-0.15, -0.1) is 0 Å². The number of carbonyl (C=O) groups is 1. The highest BCUT2D eigenvalue weighted by Crippen LogP contribution is 2.35. The summed E-state index contributed by atoms with van der Waals surface area (Å²) in [5.41, 5.74) is 5.75. The smallest absolute Gasteiger partial charge is 0.228 e. The summed E-state index contributed by atoms with van der Waals surface area (Å²) in [5.74, 6) is 2.37. The summed E-state index contributed by atoms with van der Waals surface area (Å²) in [5, 5.41) is 3.27. The molecule has 0 radical (unpaired) electrons. The van der Waals surface area contributed by atoms with Gasteiger partial charge in [0.25, 0.3) is 0 Å². The Morgan fingerprint density at radius 3 is 2.61 bits per heavy atom. The molecule has 5 rings (SSSR count). The van der Waals surface area contributed by atoms with Gasteiger partial charge >= 0.3 is 0 Å². The number of benzene rings is 2. The van der Waals surface area contributed by atoms with Gasteiger partial charge in [-0.2, -0.15) is 0 Å². The van der Waals surface area contributed by atoms with E-state index < -0.39 is 0 Å². The van der Waals surface area contributed by atoms with Crippen LogP contribution in [-0.4, -0.2) is 17.6 Å². The molecule has 0 bridgehead atoms. The lowest BCUT2D eigenvalue weighted by atomic mass is 9.83. The molecule has 0 fully saturated rings. The van der Waals surface area contributed by atoms with Crippen molar-refractivity contribution in [3.63, 3.8) is 0 Å². The number of nitrogens with one attached hydrogen (secondary N) is 1. The zero-order valence-corrected chi connectivity index (χ0v) is 19.0. The van der Waals surface area contributed by atoms with Crippen LogP contribution in [-0.2, 0) is 24.2 Å². The Labute approximate surface area is 194 Å². The Kier molecular flexibility index (Phi) is 5.78. The molecule has 168 valence electrons. The van der Waals surface area contributed by atoms with Crippen LogP contribution >= 0.6 is 0 Å². The Balaban J connectivity index is 1.45. The minimum atomic E-state index is -0.0472. The number of hydrogen-bond acceptors (Lipinski definition) is 3. The van der Waals surface area contributed by atoms with Gasteiger partial charge in [-0.05, 0) is 72.7 Å². The van der Waals surface area contributed by atoms with E-state index in [0.29, 0.717) is 6.54 Å². The maximum atomic E-state index is 13.4. The molecule has 1 unspecified atom stereocenters. The van der Waals surface area contributed by atoms with Crippen molar-refractivity contribution in [2.24, 2.45) is 5.92 Å². The van der Waals surface area contributed by atoms with Crippen LogP contribution in [0.25, 0.3) is 11.3 Å². The number of methoxy groups -OCH3 is 1. The normalized spacial score (nSPS) is 15.2. The lowest BCUT2D eigenvalue weighted by Crippen LogP contribution is -2.29.